The van der Waals surface area contributed by atoms with Crippen molar-refractivity contribution in [1.29, 1.82) is 0 Å². The predicted molar refractivity (Wildman–Crippen MR) is 88.9 cm³/mol. The summed E-state index contributed by atoms with van der Waals surface area (Å²) < 4.78 is 1.13. The van der Waals surface area contributed by atoms with Gasteiger partial charge in [0.2, 0.25) is 5.91 Å². The van der Waals surface area contributed by atoms with Crippen LogP contribution in [0.25, 0.3) is 32.1 Å². The second kappa shape index (κ2) is 4.89. The Kier molecular flexibility index (Phi) is 2.87. The summed E-state index contributed by atoms with van der Waals surface area (Å²) >= 11 is 1.60. The van der Waals surface area contributed by atoms with Crippen LogP contribution in [-0.4, -0.2) is 15.9 Å². The zero-order chi connectivity index (χ0) is 15.1. The third-order valence-corrected chi connectivity index (χ3v) is 4.48. The van der Waals surface area contributed by atoms with E-state index in [0.29, 0.717) is 5.56 Å². The van der Waals surface area contributed by atoms with E-state index < -0.39 is 5.91 Å². The predicted octanol–water partition coefficient (Wildman–Crippen LogP) is 3.61. The van der Waals surface area contributed by atoms with Crippen molar-refractivity contribution >= 4 is 38.2 Å². The second-order valence-electron chi connectivity index (χ2n) is 5.02. The molecule has 0 bridgehead atoms. The van der Waals surface area contributed by atoms with E-state index in [4.69, 9.17) is 5.73 Å². The summed E-state index contributed by atoms with van der Waals surface area (Å²) in [4.78, 5) is 20.0. The molecule has 0 radical (unpaired) electrons. The van der Waals surface area contributed by atoms with Crippen LogP contribution >= 0.6 is 11.3 Å². The zero-order valence-electron chi connectivity index (χ0n) is 11.5. The summed E-state index contributed by atoms with van der Waals surface area (Å²) in [6, 6.07) is 11.5. The molecule has 0 atom stereocenters. The highest BCUT2D eigenvalue weighted by Gasteiger charge is 2.09. The third-order valence-electron chi connectivity index (χ3n) is 3.69. The minimum atomic E-state index is -0.428. The number of rotatable bonds is 2. The first-order chi connectivity index (χ1) is 10.7. The second-order valence-corrected chi connectivity index (χ2v) is 5.91. The fourth-order valence-electron chi connectivity index (χ4n) is 2.57. The molecule has 2 aromatic heterocycles. The van der Waals surface area contributed by atoms with Crippen LogP contribution in [0.1, 0.15) is 10.4 Å². The van der Waals surface area contributed by atoms with E-state index in [-0.39, 0.29) is 0 Å². The molecule has 0 aliphatic heterocycles. The van der Waals surface area contributed by atoms with E-state index >= 15 is 0 Å². The van der Waals surface area contributed by atoms with E-state index in [0.717, 1.165) is 32.1 Å². The minimum Gasteiger partial charge on any atom is -0.366 e. The number of thiazole rings is 1. The van der Waals surface area contributed by atoms with Gasteiger partial charge in [-0.05, 0) is 35.2 Å². The summed E-state index contributed by atoms with van der Waals surface area (Å²) in [5, 5.41) is 1.95. The number of carbonyl (C=O) groups excluding carboxylic acids is 1. The van der Waals surface area contributed by atoms with Gasteiger partial charge in [0.15, 0.2) is 0 Å². The van der Waals surface area contributed by atoms with Crippen LogP contribution in [0, 0.1) is 0 Å². The van der Waals surface area contributed by atoms with Crippen LogP contribution < -0.4 is 5.73 Å². The van der Waals surface area contributed by atoms with Gasteiger partial charge < -0.3 is 5.73 Å². The van der Waals surface area contributed by atoms with Gasteiger partial charge in [0.25, 0.3) is 0 Å². The number of aromatic nitrogens is 2. The molecular weight excluding hydrogens is 294 g/mol. The number of amides is 1. The number of fused-ring (bicyclic) bond motifs is 2. The van der Waals surface area contributed by atoms with Crippen LogP contribution in [0.2, 0.25) is 0 Å². The number of carbonyl (C=O) groups is 1. The van der Waals surface area contributed by atoms with Gasteiger partial charge in [-0.15, -0.1) is 11.3 Å². The Hall–Kier alpha value is -2.79. The maximum Gasteiger partial charge on any atom is 0.248 e. The highest BCUT2D eigenvalue weighted by atomic mass is 32.1. The molecule has 2 N–H and O–H groups in total. The first kappa shape index (κ1) is 12.9. The number of pyridine rings is 1. The number of nitrogens with two attached hydrogens (primary N) is 1. The highest BCUT2D eigenvalue weighted by molar-refractivity contribution is 7.16. The quantitative estimate of drug-likeness (QED) is 0.615. The number of hydrogen-bond acceptors (Lipinski definition) is 4. The largest absolute Gasteiger partial charge is 0.366 e. The molecule has 22 heavy (non-hydrogen) atoms. The summed E-state index contributed by atoms with van der Waals surface area (Å²) in [6.45, 7) is 0. The fraction of sp³-hybridized carbons (Fsp3) is 0. The van der Waals surface area contributed by atoms with Crippen molar-refractivity contribution in [3.63, 3.8) is 0 Å². The Balaban J connectivity index is 2.00. The van der Waals surface area contributed by atoms with Gasteiger partial charge in [-0.1, -0.05) is 12.1 Å². The Morgan fingerprint density at radius 1 is 1.09 bits per heavy atom. The van der Waals surface area contributed by atoms with Crippen LogP contribution in [-0.2, 0) is 0 Å². The van der Waals surface area contributed by atoms with Gasteiger partial charge in [-0.25, -0.2) is 4.98 Å². The van der Waals surface area contributed by atoms with Crippen LogP contribution in [0.4, 0.5) is 0 Å². The highest BCUT2D eigenvalue weighted by Crippen LogP contribution is 2.31. The van der Waals surface area contributed by atoms with Gasteiger partial charge in [-0.3, -0.25) is 9.78 Å². The number of primary amides is 1. The molecule has 2 aromatic carbocycles. The van der Waals surface area contributed by atoms with Crippen LogP contribution in [0.15, 0.2) is 54.3 Å². The molecule has 4 nitrogen and oxygen atoms in total. The van der Waals surface area contributed by atoms with Crippen LogP contribution in [0.3, 0.4) is 0 Å². The van der Waals surface area contributed by atoms with Gasteiger partial charge in [0, 0.05) is 28.9 Å². The zero-order valence-corrected chi connectivity index (χ0v) is 12.3. The fourth-order valence-corrected chi connectivity index (χ4v) is 3.29. The van der Waals surface area contributed by atoms with E-state index in [1.165, 1.54) is 0 Å². The van der Waals surface area contributed by atoms with Crippen LogP contribution in [0.5, 0.6) is 0 Å². The van der Waals surface area contributed by atoms with Gasteiger partial charge in [0.1, 0.15) is 0 Å². The summed E-state index contributed by atoms with van der Waals surface area (Å²) in [5.41, 5.74) is 10.7. The SMILES string of the molecule is NC(=O)c1ccc2cncc(-c3ccc4ncsc4c3)c2c1. The maximum atomic E-state index is 11.4. The lowest BCUT2D eigenvalue weighted by molar-refractivity contribution is 0.100. The average molecular weight is 305 g/mol. The molecule has 4 rings (SSSR count). The summed E-state index contributed by atoms with van der Waals surface area (Å²) in [7, 11) is 0. The van der Waals surface area contributed by atoms with E-state index in [1.54, 1.807) is 23.6 Å². The molecule has 0 aliphatic rings. The first-order valence-corrected chi connectivity index (χ1v) is 7.61. The number of nitrogens with zero attached hydrogens (tertiary/aromatic N) is 2. The van der Waals surface area contributed by atoms with E-state index in [1.807, 2.05) is 36.0 Å². The normalized spacial score (nSPS) is 11.1. The molecule has 0 saturated heterocycles. The van der Waals surface area contributed by atoms with Crippen molar-refractivity contribution < 1.29 is 4.79 Å². The summed E-state index contributed by atoms with van der Waals surface area (Å²) in [5.74, 6) is -0.428. The lowest BCUT2D eigenvalue weighted by atomic mass is 9.99. The molecule has 0 aliphatic carbocycles. The van der Waals surface area contributed by atoms with Gasteiger partial charge in [-0.2, -0.15) is 0 Å². The minimum absolute atomic E-state index is 0.428. The molecule has 1 amide bonds. The molecule has 4 aromatic rings. The molecule has 106 valence electrons. The van der Waals surface area contributed by atoms with Crippen molar-refractivity contribution in [3.8, 4) is 11.1 Å². The monoisotopic (exact) mass is 305 g/mol. The van der Waals surface area contributed by atoms with E-state index in [9.17, 15) is 4.79 Å². The first-order valence-electron chi connectivity index (χ1n) is 6.73. The molecular formula is C17H11N3OS. The van der Waals surface area contributed by atoms with Crippen molar-refractivity contribution in [2.24, 2.45) is 5.73 Å². The lowest BCUT2D eigenvalue weighted by Gasteiger charge is -2.07. The molecule has 2 heterocycles. The van der Waals surface area contributed by atoms with E-state index in [2.05, 4.69) is 16.0 Å². The average Bonchev–Trinajstić information content (AvgIpc) is 3.01. The van der Waals surface area contributed by atoms with Crippen molar-refractivity contribution in [2.75, 3.05) is 0 Å². The molecule has 5 heteroatoms. The maximum absolute atomic E-state index is 11.4. The Morgan fingerprint density at radius 3 is 2.86 bits per heavy atom. The Bertz CT molecular complexity index is 1020. The molecule has 0 saturated carbocycles. The van der Waals surface area contributed by atoms with Crippen molar-refractivity contribution in [1.82, 2.24) is 9.97 Å². The molecule has 0 unspecified atom stereocenters. The number of hydrogen-bond donors (Lipinski definition) is 1. The molecule has 0 spiro atoms. The van der Waals surface area contributed by atoms with Crippen molar-refractivity contribution in [3.05, 3.63) is 59.9 Å². The standard InChI is InChI=1S/C17H11N3OS/c18-17(21)11-1-2-12-7-19-8-14(13(12)5-11)10-3-4-15-16(6-10)22-9-20-15/h1-9H,(H2,18,21). The number of benzene rings is 2. The van der Waals surface area contributed by atoms with Gasteiger partial charge in [0.05, 0.1) is 15.7 Å². The molecule has 0 fully saturated rings. The Labute approximate surface area is 130 Å². The third kappa shape index (κ3) is 2.03. The smallest absolute Gasteiger partial charge is 0.248 e. The summed E-state index contributed by atoms with van der Waals surface area (Å²) in [6.07, 6.45) is 3.60. The Morgan fingerprint density at radius 2 is 2.00 bits per heavy atom. The topological polar surface area (TPSA) is 68.9 Å². The van der Waals surface area contributed by atoms with Crippen molar-refractivity contribution in [2.45, 2.75) is 0 Å². The van der Waals surface area contributed by atoms with Gasteiger partial charge >= 0.3 is 0 Å². The lowest BCUT2D eigenvalue weighted by Crippen LogP contribution is -2.10.